The van der Waals surface area contributed by atoms with Crippen molar-refractivity contribution in [3.05, 3.63) is 59.8 Å². The van der Waals surface area contributed by atoms with Crippen molar-refractivity contribution >= 4 is 17.6 Å². The summed E-state index contributed by atoms with van der Waals surface area (Å²) >= 11 is 0. The highest BCUT2D eigenvalue weighted by Gasteiger charge is 2.41. The average molecular weight is 364 g/mol. The summed E-state index contributed by atoms with van der Waals surface area (Å²) in [5, 5.41) is 2.96. The number of carbonyl (C=O) groups excluding carboxylic acids is 2. The summed E-state index contributed by atoms with van der Waals surface area (Å²) < 4.78 is 0. The number of rotatable bonds is 4. The molecule has 1 aromatic heterocycles. The molecule has 0 aliphatic carbocycles. The predicted molar refractivity (Wildman–Crippen MR) is 103 cm³/mol. The van der Waals surface area contributed by atoms with E-state index < -0.39 is 0 Å². The zero-order chi connectivity index (χ0) is 18.8. The molecule has 3 saturated heterocycles. The van der Waals surface area contributed by atoms with Gasteiger partial charge in [-0.25, -0.2) is 4.98 Å². The third-order valence-corrected chi connectivity index (χ3v) is 5.54. The van der Waals surface area contributed by atoms with Crippen LogP contribution in [0.5, 0.6) is 0 Å². The second-order valence-electron chi connectivity index (χ2n) is 7.27. The fourth-order valence-electron chi connectivity index (χ4n) is 4.08. The van der Waals surface area contributed by atoms with Gasteiger partial charge in [-0.2, -0.15) is 0 Å². The van der Waals surface area contributed by atoms with Crippen LogP contribution in [-0.4, -0.2) is 52.8 Å². The summed E-state index contributed by atoms with van der Waals surface area (Å²) in [4.78, 5) is 34.0. The van der Waals surface area contributed by atoms with Crippen LogP contribution in [0.4, 0.5) is 5.82 Å². The summed E-state index contributed by atoms with van der Waals surface area (Å²) in [6.07, 6.45) is 3.44. The molecule has 3 aliphatic rings. The number of benzene rings is 1. The Bertz CT molecular complexity index is 839. The molecule has 2 bridgehead atoms. The molecule has 3 fully saturated rings. The number of piperidine rings is 1. The molecule has 0 unspecified atom stereocenters. The van der Waals surface area contributed by atoms with Gasteiger partial charge in [0.15, 0.2) is 0 Å². The predicted octanol–water partition coefficient (Wildman–Crippen LogP) is 2.39. The Kier molecular flexibility index (Phi) is 4.79. The number of carbonyl (C=O) groups is 2. The van der Waals surface area contributed by atoms with E-state index in [1.807, 2.05) is 40.1 Å². The monoisotopic (exact) mass is 364 g/mol. The lowest BCUT2D eigenvalue weighted by Gasteiger charge is -2.36. The number of anilines is 1. The highest BCUT2D eigenvalue weighted by atomic mass is 16.2. The van der Waals surface area contributed by atoms with Crippen LogP contribution in [0, 0.1) is 5.92 Å². The van der Waals surface area contributed by atoms with Gasteiger partial charge < -0.3 is 15.1 Å². The molecule has 2 aromatic rings. The molecule has 6 nitrogen and oxygen atoms in total. The molecule has 0 radical (unpaired) electrons. The molecule has 3 aliphatic heterocycles. The molecule has 4 heterocycles. The SMILES string of the molecule is CNc1cc(C(=O)N2C[C@@H]3CC[C@H](C2)N(Cc2ccccc2)C3=O)ccn1. The zero-order valence-corrected chi connectivity index (χ0v) is 15.5. The first kappa shape index (κ1) is 17.5. The van der Waals surface area contributed by atoms with E-state index >= 15 is 0 Å². The van der Waals surface area contributed by atoms with Crippen LogP contribution in [-0.2, 0) is 11.3 Å². The number of aromatic nitrogens is 1. The lowest BCUT2D eigenvalue weighted by Crippen LogP contribution is -2.47. The van der Waals surface area contributed by atoms with E-state index in [1.54, 1.807) is 25.4 Å². The summed E-state index contributed by atoms with van der Waals surface area (Å²) in [6.45, 7) is 1.70. The lowest BCUT2D eigenvalue weighted by molar-refractivity contribution is -0.140. The average Bonchev–Trinajstić information content (AvgIpc) is 3.01. The Labute approximate surface area is 159 Å². The van der Waals surface area contributed by atoms with Crippen molar-refractivity contribution in [2.45, 2.75) is 25.4 Å². The number of hydrogen-bond donors (Lipinski definition) is 1. The third-order valence-electron chi connectivity index (χ3n) is 5.54. The number of nitrogens with one attached hydrogen (secondary N) is 1. The second kappa shape index (κ2) is 7.39. The van der Waals surface area contributed by atoms with Crippen LogP contribution in [0.15, 0.2) is 48.7 Å². The van der Waals surface area contributed by atoms with E-state index in [-0.39, 0.29) is 23.8 Å². The van der Waals surface area contributed by atoms with E-state index in [0.29, 0.717) is 31.0 Å². The molecule has 27 heavy (non-hydrogen) atoms. The summed E-state index contributed by atoms with van der Waals surface area (Å²) in [7, 11) is 1.78. The van der Waals surface area contributed by atoms with Crippen LogP contribution in [0.3, 0.4) is 0 Å². The zero-order valence-electron chi connectivity index (χ0n) is 15.5. The normalized spacial score (nSPS) is 21.9. The third kappa shape index (κ3) is 3.52. The van der Waals surface area contributed by atoms with Crippen molar-refractivity contribution in [3.63, 3.8) is 0 Å². The first-order valence-electron chi connectivity index (χ1n) is 9.43. The van der Waals surface area contributed by atoms with E-state index in [4.69, 9.17) is 0 Å². The van der Waals surface area contributed by atoms with Crippen LogP contribution < -0.4 is 5.32 Å². The van der Waals surface area contributed by atoms with Gasteiger partial charge in [0.2, 0.25) is 5.91 Å². The van der Waals surface area contributed by atoms with Crippen LogP contribution >= 0.6 is 0 Å². The molecule has 5 rings (SSSR count). The Morgan fingerprint density at radius 3 is 2.78 bits per heavy atom. The van der Waals surface area contributed by atoms with Crippen molar-refractivity contribution < 1.29 is 9.59 Å². The van der Waals surface area contributed by atoms with E-state index in [0.717, 1.165) is 18.4 Å². The van der Waals surface area contributed by atoms with Crippen LogP contribution in [0.25, 0.3) is 0 Å². The first-order chi connectivity index (χ1) is 13.2. The minimum atomic E-state index is -0.109. The summed E-state index contributed by atoms with van der Waals surface area (Å²) in [5.41, 5.74) is 1.74. The van der Waals surface area contributed by atoms with Gasteiger partial charge in [-0.15, -0.1) is 0 Å². The minimum Gasteiger partial charge on any atom is -0.373 e. The summed E-state index contributed by atoms with van der Waals surface area (Å²) in [5.74, 6) is 0.707. The highest BCUT2D eigenvalue weighted by Crippen LogP contribution is 2.31. The Hall–Kier alpha value is -2.89. The maximum absolute atomic E-state index is 13.1. The van der Waals surface area contributed by atoms with Crippen molar-refractivity contribution in [1.82, 2.24) is 14.8 Å². The molecule has 1 N–H and O–H groups in total. The molecule has 1 aromatic carbocycles. The maximum atomic E-state index is 13.1. The van der Waals surface area contributed by atoms with Crippen molar-refractivity contribution in [2.24, 2.45) is 5.92 Å². The largest absolute Gasteiger partial charge is 0.373 e. The first-order valence-corrected chi connectivity index (χ1v) is 9.43. The topological polar surface area (TPSA) is 65.5 Å². The van der Waals surface area contributed by atoms with Gasteiger partial charge in [-0.05, 0) is 30.5 Å². The Balaban J connectivity index is 1.55. The van der Waals surface area contributed by atoms with Gasteiger partial charge >= 0.3 is 0 Å². The van der Waals surface area contributed by atoms with Gasteiger partial charge in [0, 0.05) is 44.5 Å². The van der Waals surface area contributed by atoms with Gasteiger partial charge in [-0.1, -0.05) is 30.3 Å². The number of hydrogen-bond acceptors (Lipinski definition) is 4. The molecular formula is C21H24N4O2. The van der Waals surface area contributed by atoms with Crippen molar-refractivity contribution in [2.75, 3.05) is 25.5 Å². The smallest absolute Gasteiger partial charge is 0.254 e. The van der Waals surface area contributed by atoms with Crippen LogP contribution in [0.2, 0.25) is 0 Å². The van der Waals surface area contributed by atoms with E-state index in [9.17, 15) is 9.59 Å². The standard InChI is InChI=1S/C21H24N4O2/c1-22-19-11-16(9-10-23-19)20(26)24-13-17-7-8-18(14-24)25(21(17)27)12-15-5-3-2-4-6-15/h2-6,9-11,17-18H,7-8,12-14H2,1H3,(H,22,23)/t17-,18+/m0/s1. The minimum absolute atomic E-state index is 0.0276. The van der Waals surface area contributed by atoms with Gasteiger partial charge in [0.1, 0.15) is 5.82 Å². The maximum Gasteiger partial charge on any atom is 0.254 e. The molecular weight excluding hydrogens is 340 g/mol. The number of amides is 2. The fraction of sp³-hybridized carbons (Fsp3) is 0.381. The number of pyridine rings is 1. The molecule has 0 spiro atoms. The van der Waals surface area contributed by atoms with Gasteiger partial charge in [-0.3, -0.25) is 9.59 Å². The lowest BCUT2D eigenvalue weighted by atomic mass is 9.93. The molecule has 2 amide bonds. The van der Waals surface area contributed by atoms with Crippen LogP contribution in [0.1, 0.15) is 28.8 Å². The van der Waals surface area contributed by atoms with Gasteiger partial charge in [0.05, 0.1) is 5.92 Å². The molecule has 140 valence electrons. The number of nitrogens with zero attached hydrogens (tertiary/aromatic N) is 3. The van der Waals surface area contributed by atoms with E-state index in [2.05, 4.69) is 10.3 Å². The van der Waals surface area contributed by atoms with Crippen molar-refractivity contribution in [3.8, 4) is 0 Å². The Morgan fingerprint density at radius 1 is 1.19 bits per heavy atom. The molecule has 6 heteroatoms. The van der Waals surface area contributed by atoms with E-state index in [1.165, 1.54) is 0 Å². The second-order valence-corrected chi connectivity index (χ2v) is 7.27. The molecule has 0 saturated carbocycles. The summed E-state index contributed by atoms with van der Waals surface area (Å²) in [6, 6.07) is 13.6. The van der Waals surface area contributed by atoms with Crippen molar-refractivity contribution in [1.29, 1.82) is 0 Å². The highest BCUT2D eigenvalue weighted by molar-refractivity contribution is 5.95. The van der Waals surface area contributed by atoms with Gasteiger partial charge in [0.25, 0.3) is 5.91 Å². The fourth-order valence-corrected chi connectivity index (χ4v) is 4.08. The quantitative estimate of drug-likeness (QED) is 0.905. The Morgan fingerprint density at radius 2 is 2.00 bits per heavy atom. The number of fused-ring (bicyclic) bond motifs is 4. The molecule has 2 atom stereocenters.